The summed E-state index contributed by atoms with van der Waals surface area (Å²) in [6.45, 7) is 7.69. The normalized spacial score (nSPS) is 14.8. The van der Waals surface area contributed by atoms with Crippen LogP contribution in [0.2, 0.25) is 0 Å². The second-order valence-corrected chi connectivity index (χ2v) is 6.31. The molecule has 1 saturated heterocycles. The molecule has 0 atom stereocenters. The highest BCUT2D eigenvalue weighted by Gasteiger charge is 2.09. The molecule has 1 aliphatic rings. The predicted octanol–water partition coefficient (Wildman–Crippen LogP) is 2.67. The third-order valence-electron chi connectivity index (χ3n) is 4.26. The van der Waals surface area contributed by atoms with E-state index in [0.29, 0.717) is 5.95 Å². The number of anilines is 3. The topological polar surface area (TPSA) is 71.5 Å². The minimum Gasteiger partial charge on any atom is -0.497 e. The lowest BCUT2D eigenvalue weighted by molar-refractivity contribution is 0.0378. The van der Waals surface area contributed by atoms with E-state index in [1.807, 2.05) is 37.3 Å². The van der Waals surface area contributed by atoms with Crippen LogP contribution in [0.5, 0.6) is 5.75 Å². The maximum absolute atomic E-state index is 5.38. The second-order valence-electron chi connectivity index (χ2n) is 6.31. The molecule has 0 unspecified atom stereocenters. The molecule has 2 heterocycles. The van der Waals surface area contributed by atoms with E-state index in [1.165, 1.54) is 0 Å². The van der Waals surface area contributed by atoms with E-state index in [0.717, 1.165) is 68.8 Å². The van der Waals surface area contributed by atoms with Crippen molar-refractivity contribution >= 4 is 17.5 Å². The molecule has 140 valence electrons. The molecule has 1 aromatic carbocycles. The number of aryl methyl sites for hydroxylation is 1. The minimum absolute atomic E-state index is 0.589. The van der Waals surface area contributed by atoms with E-state index in [4.69, 9.17) is 9.47 Å². The smallest absolute Gasteiger partial charge is 0.229 e. The molecule has 7 heteroatoms. The summed E-state index contributed by atoms with van der Waals surface area (Å²) in [7, 11) is 1.66. The van der Waals surface area contributed by atoms with Gasteiger partial charge in [0.05, 0.1) is 20.3 Å². The van der Waals surface area contributed by atoms with Crippen molar-refractivity contribution in [2.75, 3.05) is 57.1 Å². The molecular formula is C19H27N5O2. The Morgan fingerprint density at radius 3 is 2.65 bits per heavy atom. The standard InChI is InChI=1S/C19H27N5O2/c1-15-14-18(20-8-3-9-24-10-12-26-13-11-24)23-19(21-15)22-16-4-6-17(25-2)7-5-16/h4-7,14H,3,8-13H2,1-2H3,(H2,20,21,22,23). The Balaban J connectivity index is 1.51. The molecule has 1 fully saturated rings. The number of methoxy groups -OCH3 is 1. The summed E-state index contributed by atoms with van der Waals surface area (Å²) < 4.78 is 10.6. The Bertz CT molecular complexity index is 687. The Morgan fingerprint density at radius 2 is 1.92 bits per heavy atom. The molecule has 0 spiro atoms. The maximum Gasteiger partial charge on any atom is 0.229 e. The third kappa shape index (κ3) is 5.57. The molecule has 0 radical (unpaired) electrons. The van der Waals surface area contributed by atoms with Crippen molar-refractivity contribution in [2.45, 2.75) is 13.3 Å². The fraction of sp³-hybridized carbons (Fsp3) is 0.474. The average molecular weight is 357 g/mol. The zero-order chi connectivity index (χ0) is 18.2. The third-order valence-corrected chi connectivity index (χ3v) is 4.26. The summed E-state index contributed by atoms with van der Waals surface area (Å²) in [5, 5.41) is 6.64. The summed E-state index contributed by atoms with van der Waals surface area (Å²) in [6, 6.07) is 9.67. The van der Waals surface area contributed by atoms with Crippen molar-refractivity contribution in [1.29, 1.82) is 0 Å². The number of nitrogens with one attached hydrogen (secondary N) is 2. The molecular weight excluding hydrogens is 330 g/mol. The SMILES string of the molecule is COc1ccc(Nc2nc(C)cc(NCCCN3CCOCC3)n2)cc1. The van der Waals surface area contributed by atoms with Crippen LogP contribution in [0.1, 0.15) is 12.1 Å². The molecule has 2 aromatic rings. The second kappa shape index (κ2) is 9.35. The molecule has 1 aromatic heterocycles. The molecule has 2 N–H and O–H groups in total. The van der Waals surface area contributed by atoms with Crippen molar-refractivity contribution < 1.29 is 9.47 Å². The van der Waals surface area contributed by atoms with Crippen LogP contribution in [0.3, 0.4) is 0 Å². The number of benzene rings is 1. The van der Waals surface area contributed by atoms with E-state index < -0.39 is 0 Å². The van der Waals surface area contributed by atoms with E-state index in [1.54, 1.807) is 7.11 Å². The van der Waals surface area contributed by atoms with Crippen LogP contribution in [0.25, 0.3) is 0 Å². The first-order valence-corrected chi connectivity index (χ1v) is 9.04. The lowest BCUT2D eigenvalue weighted by Crippen LogP contribution is -2.37. The lowest BCUT2D eigenvalue weighted by atomic mass is 10.3. The molecule has 0 amide bonds. The summed E-state index contributed by atoms with van der Waals surface area (Å²) in [5.74, 6) is 2.25. The van der Waals surface area contributed by atoms with Crippen molar-refractivity contribution in [1.82, 2.24) is 14.9 Å². The number of ether oxygens (including phenoxy) is 2. The quantitative estimate of drug-likeness (QED) is 0.704. The molecule has 3 rings (SSSR count). The molecule has 26 heavy (non-hydrogen) atoms. The van der Waals surface area contributed by atoms with Gasteiger partial charge in [-0.05, 0) is 44.2 Å². The summed E-state index contributed by atoms with van der Waals surface area (Å²) >= 11 is 0. The zero-order valence-electron chi connectivity index (χ0n) is 15.5. The molecule has 7 nitrogen and oxygen atoms in total. The van der Waals surface area contributed by atoms with Crippen molar-refractivity contribution in [3.63, 3.8) is 0 Å². The Kier molecular flexibility index (Phi) is 6.62. The van der Waals surface area contributed by atoms with Gasteiger partial charge in [-0.1, -0.05) is 0 Å². The lowest BCUT2D eigenvalue weighted by Gasteiger charge is -2.26. The molecule has 1 aliphatic heterocycles. The van der Waals surface area contributed by atoms with Gasteiger partial charge in [-0.25, -0.2) is 4.98 Å². The average Bonchev–Trinajstić information content (AvgIpc) is 2.66. The van der Waals surface area contributed by atoms with E-state index in [2.05, 4.69) is 25.5 Å². The van der Waals surface area contributed by atoms with E-state index in [-0.39, 0.29) is 0 Å². The van der Waals surface area contributed by atoms with Gasteiger partial charge in [0.1, 0.15) is 11.6 Å². The first kappa shape index (κ1) is 18.4. The van der Waals surface area contributed by atoms with Crippen molar-refractivity contribution in [3.8, 4) is 5.75 Å². The number of hydrogen-bond acceptors (Lipinski definition) is 7. The van der Waals surface area contributed by atoms with Crippen LogP contribution >= 0.6 is 0 Å². The monoisotopic (exact) mass is 357 g/mol. The Hall–Kier alpha value is -2.38. The highest BCUT2D eigenvalue weighted by molar-refractivity contribution is 5.56. The molecule has 0 bridgehead atoms. The van der Waals surface area contributed by atoms with Gasteiger partial charge in [0.2, 0.25) is 5.95 Å². The zero-order valence-corrected chi connectivity index (χ0v) is 15.5. The first-order chi connectivity index (χ1) is 12.7. The summed E-state index contributed by atoms with van der Waals surface area (Å²) in [4.78, 5) is 11.5. The summed E-state index contributed by atoms with van der Waals surface area (Å²) in [5.41, 5.74) is 1.85. The Labute approximate surface area is 154 Å². The minimum atomic E-state index is 0.589. The van der Waals surface area contributed by atoms with Gasteiger partial charge in [-0.2, -0.15) is 4.98 Å². The van der Waals surface area contributed by atoms with Gasteiger partial charge in [-0.15, -0.1) is 0 Å². The number of hydrogen-bond donors (Lipinski definition) is 2. The largest absolute Gasteiger partial charge is 0.497 e. The number of nitrogens with zero attached hydrogens (tertiary/aromatic N) is 3. The number of aromatic nitrogens is 2. The van der Waals surface area contributed by atoms with Crippen LogP contribution in [0.4, 0.5) is 17.5 Å². The number of rotatable bonds is 8. The number of morpholine rings is 1. The van der Waals surface area contributed by atoms with Gasteiger partial charge in [-0.3, -0.25) is 4.90 Å². The highest BCUT2D eigenvalue weighted by atomic mass is 16.5. The van der Waals surface area contributed by atoms with Crippen LogP contribution in [0.15, 0.2) is 30.3 Å². The van der Waals surface area contributed by atoms with Gasteiger partial charge in [0.25, 0.3) is 0 Å². The van der Waals surface area contributed by atoms with Crippen molar-refractivity contribution in [3.05, 3.63) is 36.0 Å². The van der Waals surface area contributed by atoms with Crippen LogP contribution in [-0.2, 0) is 4.74 Å². The fourth-order valence-electron chi connectivity index (χ4n) is 2.86. The van der Waals surface area contributed by atoms with Gasteiger partial charge in [0.15, 0.2) is 0 Å². The highest BCUT2D eigenvalue weighted by Crippen LogP contribution is 2.19. The van der Waals surface area contributed by atoms with Gasteiger partial charge in [0, 0.05) is 37.1 Å². The molecule has 0 aliphatic carbocycles. The summed E-state index contributed by atoms with van der Waals surface area (Å²) in [6.07, 6.45) is 1.07. The predicted molar refractivity (Wildman–Crippen MR) is 103 cm³/mol. The van der Waals surface area contributed by atoms with Crippen LogP contribution in [-0.4, -0.2) is 61.4 Å². The van der Waals surface area contributed by atoms with Gasteiger partial charge < -0.3 is 20.1 Å². The van der Waals surface area contributed by atoms with Gasteiger partial charge >= 0.3 is 0 Å². The van der Waals surface area contributed by atoms with Crippen LogP contribution in [0, 0.1) is 6.92 Å². The first-order valence-electron chi connectivity index (χ1n) is 9.04. The van der Waals surface area contributed by atoms with E-state index >= 15 is 0 Å². The van der Waals surface area contributed by atoms with Crippen molar-refractivity contribution in [2.24, 2.45) is 0 Å². The van der Waals surface area contributed by atoms with E-state index in [9.17, 15) is 0 Å². The Morgan fingerprint density at radius 1 is 1.15 bits per heavy atom. The van der Waals surface area contributed by atoms with Crippen LogP contribution < -0.4 is 15.4 Å². The molecule has 0 saturated carbocycles. The fourth-order valence-corrected chi connectivity index (χ4v) is 2.86. The maximum atomic E-state index is 5.38.